The van der Waals surface area contributed by atoms with Crippen LogP contribution in [-0.4, -0.2) is 11.8 Å². The van der Waals surface area contributed by atoms with Crippen LogP contribution in [0.5, 0.6) is 0 Å². The van der Waals surface area contributed by atoms with Crippen LogP contribution in [0.15, 0.2) is 24.3 Å². The summed E-state index contributed by atoms with van der Waals surface area (Å²) < 4.78 is 12.9. The van der Waals surface area contributed by atoms with E-state index < -0.39 is 28.6 Å². The molecule has 0 radical (unpaired) electrons. The quantitative estimate of drug-likeness (QED) is 0.781. The SMILES string of the molecule is CC1(C)C(c2ccc(F)cc2)C1(C(N)=O)C(N)=O. The molecule has 0 saturated heterocycles. The second-order valence-corrected chi connectivity index (χ2v) is 5.24. The first kappa shape index (κ1) is 12.5. The summed E-state index contributed by atoms with van der Waals surface area (Å²) in [6, 6.07) is 5.68. The highest BCUT2D eigenvalue weighted by atomic mass is 19.1. The summed E-state index contributed by atoms with van der Waals surface area (Å²) in [5.74, 6) is -2.23. The molecule has 1 saturated carbocycles. The van der Waals surface area contributed by atoms with E-state index >= 15 is 0 Å². The van der Waals surface area contributed by atoms with Gasteiger partial charge in [-0.15, -0.1) is 0 Å². The van der Waals surface area contributed by atoms with Crippen molar-refractivity contribution in [3.63, 3.8) is 0 Å². The topological polar surface area (TPSA) is 86.2 Å². The molecule has 1 atom stereocenters. The van der Waals surface area contributed by atoms with Crippen molar-refractivity contribution >= 4 is 11.8 Å². The average molecular weight is 250 g/mol. The Bertz CT molecular complexity index is 508. The normalized spacial score (nSPS) is 23.4. The van der Waals surface area contributed by atoms with Crippen LogP contribution in [-0.2, 0) is 9.59 Å². The van der Waals surface area contributed by atoms with Gasteiger partial charge in [-0.1, -0.05) is 26.0 Å². The minimum Gasteiger partial charge on any atom is -0.369 e. The van der Waals surface area contributed by atoms with E-state index in [0.29, 0.717) is 5.56 Å². The zero-order valence-corrected chi connectivity index (χ0v) is 10.2. The van der Waals surface area contributed by atoms with Crippen molar-refractivity contribution in [2.45, 2.75) is 19.8 Å². The Morgan fingerprint density at radius 2 is 1.56 bits per heavy atom. The molecule has 1 aromatic carbocycles. The smallest absolute Gasteiger partial charge is 0.234 e. The third-order valence-corrected chi connectivity index (χ3v) is 4.07. The van der Waals surface area contributed by atoms with Gasteiger partial charge in [-0.2, -0.15) is 0 Å². The maximum atomic E-state index is 12.9. The summed E-state index contributed by atoms with van der Waals surface area (Å²) in [6.07, 6.45) is 0. The number of amides is 2. The Balaban J connectivity index is 2.50. The van der Waals surface area contributed by atoms with Gasteiger partial charge in [0.15, 0.2) is 0 Å². The van der Waals surface area contributed by atoms with Gasteiger partial charge in [0.1, 0.15) is 11.2 Å². The van der Waals surface area contributed by atoms with Gasteiger partial charge in [-0.05, 0) is 23.1 Å². The summed E-state index contributed by atoms with van der Waals surface area (Å²) in [5, 5.41) is 0. The van der Waals surface area contributed by atoms with Crippen molar-refractivity contribution in [1.82, 2.24) is 0 Å². The highest BCUT2D eigenvalue weighted by Gasteiger charge is 2.78. The van der Waals surface area contributed by atoms with Crippen molar-refractivity contribution in [2.24, 2.45) is 22.3 Å². The number of benzene rings is 1. The molecule has 1 aromatic rings. The zero-order valence-electron chi connectivity index (χ0n) is 10.2. The van der Waals surface area contributed by atoms with Gasteiger partial charge < -0.3 is 11.5 Å². The highest BCUT2D eigenvalue weighted by Crippen LogP contribution is 2.73. The standard InChI is InChI=1S/C13H15FN2O2/c1-12(2)9(7-3-5-8(14)6-4-7)13(12,10(15)17)11(16)18/h3-6,9H,1-2H3,(H2,15,17)(H2,16,18). The van der Waals surface area contributed by atoms with E-state index in [-0.39, 0.29) is 5.82 Å². The maximum Gasteiger partial charge on any atom is 0.234 e. The van der Waals surface area contributed by atoms with Gasteiger partial charge in [0, 0.05) is 5.92 Å². The first-order valence-electron chi connectivity index (χ1n) is 5.61. The van der Waals surface area contributed by atoms with E-state index in [2.05, 4.69) is 0 Å². The lowest BCUT2D eigenvalue weighted by molar-refractivity contribution is -0.135. The number of primary amides is 2. The van der Waals surface area contributed by atoms with E-state index in [1.807, 2.05) is 0 Å². The van der Waals surface area contributed by atoms with Gasteiger partial charge in [0.25, 0.3) is 0 Å². The zero-order chi connectivity index (χ0) is 13.7. The van der Waals surface area contributed by atoms with Gasteiger partial charge in [-0.3, -0.25) is 9.59 Å². The molecule has 5 heteroatoms. The predicted molar refractivity (Wildman–Crippen MR) is 63.7 cm³/mol. The van der Waals surface area contributed by atoms with E-state index in [1.54, 1.807) is 26.0 Å². The van der Waals surface area contributed by atoms with Crippen LogP contribution in [0.2, 0.25) is 0 Å². The van der Waals surface area contributed by atoms with Crippen molar-refractivity contribution < 1.29 is 14.0 Å². The molecule has 0 heterocycles. The first-order chi connectivity index (χ1) is 8.26. The molecule has 0 aromatic heterocycles. The minimum atomic E-state index is -1.38. The van der Waals surface area contributed by atoms with Crippen molar-refractivity contribution in [2.75, 3.05) is 0 Å². The molecule has 18 heavy (non-hydrogen) atoms. The van der Waals surface area contributed by atoms with Gasteiger partial charge in [-0.25, -0.2) is 4.39 Å². The third-order valence-electron chi connectivity index (χ3n) is 4.07. The molecule has 0 bridgehead atoms. The largest absolute Gasteiger partial charge is 0.369 e. The molecule has 1 unspecified atom stereocenters. The molecule has 0 aliphatic heterocycles. The highest BCUT2D eigenvalue weighted by molar-refractivity contribution is 6.10. The molecule has 4 N–H and O–H groups in total. The van der Waals surface area contributed by atoms with Crippen LogP contribution in [0.1, 0.15) is 25.3 Å². The average Bonchev–Trinajstić information content (AvgIpc) is 2.78. The van der Waals surface area contributed by atoms with Crippen LogP contribution < -0.4 is 11.5 Å². The van der Waals surface area contributed by atoms with Crippen LogP contribution in [0, 0.1) is 16.6 Å². The van der Waals surface area contributed by atoms with Crippen molar-refractivity contribution in [3.05, 3.63) is 35.6 Å². The molecule has 1 fully saturated rings. The number of carbonyl (C=O) groups is 2. The third kappa shape index (κ3) is 1.30. The van der Waals surface area contributed by atoms with E-state index in [1.165, 1.54) is 12.1 Å². The maximum absolute atomic E-state index is 12.9. The summed E-state index contributed by atoms with van der Waals surface area (Å²) in [6.45, 7) is 3.52. The van der Waals surface area contributed by atoms with Gasteiger partial charge in [0.2, 0.25) is 11.8 Å². The second kappa shape index (κ2) is 3.54. The molecular formula is C13H15FN2O2. The van der Waals surface area contributed by atoms with Crippen LogP contribution in [0.25, 0.3) is 0 Å². The molecule has 0 spiro atoms. The summed E-state index contributed by atoms with van der Waals surface area (Å²) in [5.41, 5.74) is 9.37. The van der Waals surface area contributed by atoms with Crippen molar-refractivity contribution in [3.8, 4) is 0 Å². The summed E-state index contributed by atoms with van der Waals surface area (Å²) in [7, 11) is 0. The van der Waals surface area contributed by atoms with Crippen LogP contribution >= 0.6 is 0 Å². The molecule has 1 aliphatic carbocycles. The first-order valence-corrected chi connectivity index (χ1v) is 5.61. The molecule has 2 amide bonds. The Kier molecular flexibility index (Phi) is 2.47. The lowest BCUT2D eigenvalue weighted by Gasteiger charge is -2.11. The lowest BCUT2D eigenvalue weighted by Crippen LogP contribution is -2.41. The fraction of sp³-hybridized carbons (Fsp3) is 0.385. The number of halogens is 1. The van der Waals surface area contributed by atoms with Gasteiger partial charge in [0.05, 0.1) is 0 Å². The number of hydrogen-bond donors (Lipinski definition) is 2. The Hall–Kier alpha value is -1.91. The Morgan fingerprint density at radius 3 is 1.89 bits per heavy atom. The molecule has 1 aliphatic rings. The predicted octanol–water partition coefficient (Wildman–Crippen LogP) is 0.906. The molecule has 4 nitrogen and oxygen atoms in total. The molecule has 96 valence electrons. The fourth-order valence-corrected chi connectivity index (χ4v) is 3.13. The van der Waals surface area contributed by atoms with E-state index in [0.717, 1.165) is 0 Å². The summed E-state index contributed by atoms with van der Waals surface area (Å²) >= 11 is 0. The Labute approximate surface area is 104 Å². The lowest BCUT2D eigenvalue weighted by atomic mass is 9.94. The second-order valence-electron chi connectivity index (χ2n) is 5.24. The number of nitrogens with two attached hydrogens (primary N) is 2. The number of hydrogen-bond acceptors (Lipinski definition) is 2. The summed E-state index contributed by atoms with van der Waals surface area (Å²) in [4.78, 5) is 23.3. The van der Waals surface area contributed by atoms with E-state index in [4.69, 9.17) is 11.5 Å². The Morgan fingerprint density at radius 1 is 1.11 bits per heavy atom. The molecule has 2 rings (SSSR count). The van der Waals surface area contributed by atoms with Crippen molar-refractivity contribution in [1.29, 1.82) is 0 Å². The number of rotatable bonds is 3. The fourth-order valence-electron chi connectivity index (χ4n) is 3.13. The monoisotopic (exact) mass is 250 g/mol. The van der Waals surface area contributed by atoms with E-state index in [9.17, 15) is 14.0 Å². The van der Waals surface area contributed by atoms with Gasteiger partial charge >= 0.3 is 0 Å². The van der Waals surface area contributed by atoms with Crippen LogP contribution in [0.3, 0.4) is 0 Å². The van der Waals surface area contributed by atoms with Crippen LogP contribution in [0.4, 0.5) is 4.39 Å². The molecular weight excluding hydrogens is 235 g/mol. The minimum absolute atomic E-state index is 0.374. The number of carbonyl (C=O) groups excluding carboxylic acids is 2.